The zero-order chi connectivity index (χ0) is 42.6. The molecule has 1 aliphatic carbocycles. The van der Waals surface area contributed by atoms with Crippen LogP contribution in [0, 0.1) is 0 Å². The summed E-state index contributed by atoms with van der Waals surface area (Å²) in [4.78, 5) is 32.3. The highest BCUT2D eigenvalue weighted by Crippen LogP contribution is 2.48. The van der Waals surface area contributed by atoms with Gasteiger partial charge in [0.25, 0.3) is 5.91 Å². The maximum Gasteiger partial charge on any atom is 0.416 e. The predicted octanol–water partition coefficient (Wildman–Crippen LogP) is 7.89. The maximum atomic E-state index is 13.8. The molecule has 322 valence electrons. The number of piperidine rings is 1. The van der Waals surface area contributed by atoms with Gasteiger partial charge < -0.3 is 33.6 Å². The second kappa shape index (κ2) is 18.7. The lowest BCUT2D eigenvalue weighted by Gasteiger charge is -2.46. The van der Waals surface area contributed by atoms with Gasteiger partial charge in [-0.2, -0.15) is 26.3 Å². The van der Waals surface area contributed by atoms with Crippen molar-refractivity contribution in [1.82, 2.24) is 14.7 Å². The van der Waals surface area contributed by atoms with Gasteiger partial charge in [0, 0.05) is 51.4 Å². The van der Waals surface area contributed by atoms with Crippen LogP contribution in [0.15, 0.2) is 60.7 Å². The number of halogens is 8. The van der Waals surface area contributed by atoms with Crippen molar-refractivity contribution in [2.45, 2.75) is 55.2 Å². The lowest BCUT2D eigenvalue weighted by atomic mass is 9.72. The molecular weight excluding hydrogens is 827 g/mol. The Balaban J connectivity index is 1.20. The van der Waals surface area contributed by atoms with Gasteiger partial charge in [0.05, 0.1) is 53.6 Å². The molecule has 2 atom stereocenters. The first-order valence-corrected chi connectivity index (χ1v) is 20.1. The number of alkyl halides is 6. The van der Waals surface area contributed by atoms with Crippen molar-refractivity contribution in [3.05, 3.63) is 104 Å². The molecule has 0 bridgehead atoms. The van der Waals surface area contributed by atoms with Crippen LogP contribution in [0.25, 0.3) is 0 Å². The number of hydrogen-bond donors (Lipinski definition) is 0. The number of amides is 2. The number of carbonyl (C=O) groups is 2. The monoisotopic (exact) mass is 873 g/mol. The van der Waals surface area contributed by atoms with Crippen LogP contribution in [0.5, 0.6) is 0 Å². The predicted molar refractivity (Wildman–Crippen MR) is 209 cm³/mol. The second-order valence-corrected chi connectivity index (χ2v) is 16.1. The minimum atomic E-state index is -5.11. The fraction of sp³-hybridized carbons (Fsp3) is 0.524. The summed E-state index contributed by atoms with van der Waals surface area (Å²) in [6.45, 7) is 3.02. The van der Waals surface area contributed by atoms with E-state index in [4.69, 9.17) is 42.1 Å². The van der Waals surface area contributed by atoms with Crippen LogP contribution in [0.4, 0.5) is 26.3 Å². The zero-order valence-corrected chi connectivity index (χ0v) is 34.3. The van der Waals surface area contributed by atoms with Gasteiger partial charge in [-0.25, -0.2) is 0 Å². The van der Waals surface area contributed by atoms with Crippen molar-refractivity contribution in [3.8, 4) is 0 Å². The molecular formula is C42H47Cl2F6N3O6. The molecule has 59 heavy (non-hydrogen) atoms. The Labute approximate surface area is 349 Å². The first-order valence-electron chi connectivity index (χ1n) is 19.4. The number of morpholine rings is 1. The topological polar surface area (TPSA) is 80.8 Å². The van der Waals surface area contributed by atoms with Crippen molar-refractivity contribution in [3.63, 3.8) is 0 Å². The summed E-state index contributed by atoms with van der Waals surface area (Å²) in [5.74, 6) is -1.14. The number of nitrogens with zero attached hydrogens (tertiary/aromatic N) is 3. The highest BCUT2D eigenvalue weighted by molar-refractivity contribution is 6.42. The highest BCUT2D eigenvalue weighted by Gasteiger charge is 2.50. The third-order valence-electron chi connectivity index (χ3n) is 11.8. The largest absolute Gasteiger partial charge is 0.416 e. The van der Waals surface area contributed by atoms with Crippen molar-refractivity contribution in [1.29, 1.82) is 0 Å². The van der Waals surface area contributed by atoms with Gasteiger partial charge in [0.1, 0.15) is 12.2 Å². The smallest absolute Gasteiger partial charge is 0.383 e. The molecule has 2 amide bonds. The number of hydrogen-bond acceptors (Lipinski definition) is 7. The number of methoxy groups -OCH3 is 2. The van der Waals surface area contributed by atoms with Gasteiger partial charge in [-0.3, -0.25) is 9.59 Å². The molecule has 2 aliphatic heterocycles. The SMILES string of the molecule is COCCN(CCOC)C(=O)CO[C@H]1Cc2ccccc2C12CCN(CC[C@]1(c3ccc(Cl)c(Cl)c3)CN(C(=O)c3cc(C(F)(F)F)cc(C(F)(F)F)c3)CCO1)CC2. The van der Waals surface area contributed by atoms with E-state index in [1.807, 2.05) is 12.1 Å². The van der Waals surface area contributed by atoms with E-state index in [2.05, 4.69) is 17.0 Å². The molecule has 2 fully saturated rings. The third kappa shape index (κ3) is 10.2. The lowest BCUT2D eigenvalue weighted by molar-refractivity contribution is -0.143. The molecule has 9 nitrogen and oxygen atoms in total. The van der Waals surface area contributed by atoms with Crippen molar-refractivity contribution in [2.75, 3.05) is 86.5 Å². The Morgan fingerprint density at radius 2 is 1.51 bits per heavy atom. The molecule has 0 N–H and O–H groups in total. The van der Waals surface area contributed by atoms with E-state index in [0.29, 0.717) is 76.5 Å². The number of carbonyl (C=O) groups excluding carboxylic acids is 2. The number of likely N-dealkylation sites (tertiary alicyclic amines) is 1. The molecule has 3 aliphatic rings. The zero-order valence-electron chi connectivity index (χ0n) is 32.8. The fourth-order valence-corrected chi connectivity index (χ4v) is 8.87. The van der Waals surface area contributed by atoms with Gasteiger partial charge in [-0.15, -0.1) is 0 Å². The molecule has 2 heterocycles. The molecule has 0 saturated carbocycles. The van der Waals surface area contributed by atoms with E-state index in [-0.39, 0.29) is 59.8 Å². The molecule has 0 unspecified atom stereocenters. The first-order chi connectivity index (χ1) is 28.0. The van der Waals surface area contributed by atoms with Crippen LogP contribution < -0.4 is 0 Å². The number of benzene rings is 3. The Kier molecular flexibility index (Phi) is 14.3. The van der Waals surface area contributed by atoms with Crippen molar-refractivity contribution >= 4 is 35.0 Å². The van der Waals surface area contributed by atoms with Gasteiger partial charge >= 0.3 is 12.4 Å². The van der Waals surface area contributed by atoms with Crippen LogP contribution in [-0.4, -0.2) is 119 Å². The second-order valence-electron chi connectivity index (χ2n) is 15.3. The third-order valence-corrected chi connectivity index (χ3v) is 12.5. The summed E-state index contributed by atoms with van der Waals surface area (Å²) >= 11 is 12.7. The van der Waals surface area contributed by atoms with Crippen LogP contribution >= 0.6 is 23.2 Å². The minimum Gasteiger partial charge on any atom is -0.383 e. The first kappa shape index (κ1) is 45.1. The van der Waals surface area contributed by atoms with E-state index >= 15 is 0 Å². The Morgan fingerprint density at radius 3 is 2.12 bits per heavy atom. The molecule has 3 aromatic carbocycles. The van der Waals surface area contributed by atoms with E-state index in [1.165, 1.54) is 16.0 Å². The average molecular weight is 875 g/mol. The van der Waals surface area contributed by atoms with Gasteiger partial charge in [-0.1, -0.05) is 53.5 Å². The van der Waals surface area contributed by atoms with E-state index in [9.17, 15) is 35.9 Å². The summed E-state index contributed by atoms with van der Waals surface area (Å²) in [6.07, 6.45) is -8.05. The standard InChI is InChI=1S/C42H47Cl2F6N3O6/c1-56-18-15-52(16-19-57-2)37(54)26-58-36-23-28-5-3-4-6-33(28)39(36)9-12-51(13-10-39)14-11-40(30-7-8-34(43)35(44)25-30)27-53(17-20-59-40)38(55)29-21-31(41(45,46)47)24-32(22-29)42(48,49)50/h3-8,21-22,24-25,36H,9-20,23,26-27H2,1-2H3/t36-,40+/m0/s1. The normalized spacial score (nSPS) is 20.8. The van der Waals surface area contributed by atoms with Crippen LogP contribution in [0.1, 0.15) is 57.4 Å². The maximum absolute atomic E-state index is 13.8. The number of fused-ring (bicyclic) bond motifs is 2. The molecule has 3 aromatic rings. The van der Waals surface area contributed by atoms with Gasteiger partial charge in [0.15, 0.2) is 0 Å². The number of rotatable bonds is 14. The molecule has 0 aromatic heterocycles. The minimum absolute atomic E-state index is 0.000756. The van der Waals surface area contributed by atoms with Crippen molar-refractivity contribution < 1.29 is 54.9 Å². The van der Waals surface area contributed by atoms with Gasteiger partial charge in [-0.05, 0) is 85.8 Å². The molecule has 0 radical (unpaired) electrons. The Hall–Kier alpha value is -3.44. The molecule has 2 saturated heterocycles. The van der Waals surface area contributed by atoms with E-state index in [0.717, 1.165) is 12.8 Å². The lowest BCUT2D eigenvalue weighted by Crippen LogP contribution is -2.54. The summed E-state index contributed by atoms with van der Waals surface area (Å²) in [5, 5.41) is 0.486. The van der Waals surface area contributed by atoms with Gasteiger partial charge in [0.2, 0.25) is 5.91 Å². The molecule has 6 rings (SSSR count). The van der Waals surface area contributed by atoms with E-state index in [1.54, 1.807) is 37.3 Å². The number of ether oxygens (including phenoxy) is 4. The Bertz CT molecular complexity index is 1920. The van der Waals surface area contributed by atoms with Crippen LogP contribution in [-0.2, 0) is 53.5 Å². The average Bonchev–Trinajstić information content (AvgIpc) is 3.51. The summed E-state index contributed by atoms with van der Waals surface area (Å²) in [5.41, 5.74) is -2.50. The van der Waals surface area contributed by atoms with Crippen LogP contribution in [0.2, 0.25) is 10.0 Å². The summed E-state index contributed by atoms with van der Waals surface area (Å²) < 4.78 is 106. The Morgan fingerprint density at radius 1 is 0.864 bits per heavy atom. The van der Waals surface area contributed by atoms with E-state index < -0.39 is 40.6 Å². The quantitative estimate of drug-likeness (QED) is 0.153. The molecule has 17 heteroatoms. The molecule has 1 spiro atoms. The van der Waals surface area contributed by atoms with Crippen molar-refractivity contribution in [2.24, 2.45) is 0 Å². The highest BCUT2D eigenvalue weighted by atomic mass is 35.5. The summed E-state index contributed by atoms with van der Waals surface area (Å²) in [6, 6.07) is 14.0. The summed E-state index contributed by atoms with van der Waals surface area (Å²) in [7, 11) is 3.16. The fourth-order valence-electron chi connectivity index (χ4n) is 8.57. The van der Waals surface area contributed by atoms with Crippen LogP contribution in [0.3, 0.4) is 0 Å².